The Morgan fingerprint density at radius 2 is 2.17 bits per heavy atom. The van der Waals surface area contributed by atoms with Crippen LogP contribution in [0.1, 0.15) is 27.8 Å². The topological polar surface area (TPSA) is 57.4 Å². The Kier molecular flexibility index (Phi) is 5.00. The van der Waals surface area contributed by atoms with Gasteiger partial charge in [-0.1, -0.05) is 29.8 Å². The number of nitrogens with one attached hydrogen (secondary N) is 2. The molecular weight excluding hydrogens is 314 g/mol. The van der Waals surface area contributed by atoms with Crippen LogP contribution in [0.25, 0.3) is 0 Å². The molecule has 1 unspecified atom stereocenters. The second-order valence-electron chi connectivity index (χ2n) is 5.60. The van der Waals surface area contributed by atoms with E-state index in [9.17, 15) is 4.79 Å². The van der Waals surface area contributed by atoms with Crippen molar-refractivity contribution in [1.29, 1.82) is 0 Å². The molecule has 1 aliphatic rings. The van der Waals surface area contributed by atoms with Crippen molar-refractivity contribution >= 4 is 17.6 Å². The molecule has 1 aromatic heterocycles. The summed E-state index contributed by atoms with van der Waals surface area (Å²) in [5.41, 5.74) is 2.59. The predicted molar refractivity (Wildman–Crippen MR) is 89.6 cm³/mol. The van der Waals surface area contributed by atoms with Crippen LogP contribution in [-0.2, 0) is 11.3 Å². The fourth-order valence-electron chi connectivity index (χ4n) is 2.97. The molecule has 2 N–H and O–H groups in total. The van der Waals surface area contributed by atoms with Gasteiger partial charge in [0, 0.05) is 42.9 Å². The second kappa shape index (κ2) is 7.17. The summed E-state index contributed by atoms with van der Waals surface area (Å²) in [6, 6.07) is 11.8. The van der Waals surface area contributed by atoms with E-state index < -0.39 is 0 Å². The summed E-state index contributed by atoms with van der Waals surface area (Å²) in [5.74, 6) is -0.348. The molecule has 6 heteroatoms. The number of piperazine rings is 1. The molecule has 0 bridgehead atoms. The average Bonchev–Trinajstić information content (AvgIpc) is 3.04. The first kappa shape index (κ1) is 16.1. The summed E-state index contributed by atoms with van der Waals surface area (Å²) < 4.78 is 4.73. The summed E-state index contributed by atoms with van der Waals surface area (Å²) in [5, 5.41) is 4.21. The average molecular weight is 334 g/mol. The van der Waals surface area contributed by atoms with E-state index in [0.717, 1.165) is 42.5 Å². The Morgan fingerprint density at radius 1 is 1.35 bits per heavy atom. The minimum absolute atomic E-state index is 0.210. The van der Waals surface area contributed by atoms with Crippen molar-refractivity contribution in [3.05, 3.63) is 58.4 Å². The normalized spacial score (nSPS) is 18.8. The number of carbonyl (C=O) groups is 1. The molecule has 1 fully saturated rings. The molecule has 0 aliphatic carbocycles. The van der Waals surface area contributed by atoms with Crippen molar-refractivity contribution in [2.45, 2.75) is 12.6 Å². The van der Waals surface area contributed by atoms with Crippen molar-refractivity contribution in [2.24, 2.45) is 0 Å². The van der Waals surface area contributed by atoms with Crippen molar-refractivity contribution < 1.29 is 9.53 Å². The highest BCUT2D eigenvalue weighted by atomic mass is 35.5. The van der Waals surface area contributed by atoms with E-state index >= 15 is 0 Å². The maximum absolute atomic E-state index is 11.6. The third-order valence-corrected chi connectivity index (χ3v) is 4.49. The third-order valence-electron chi connectivity index (χ3n) is 4.14. The van der Waals surface area contributed by atoms with Gasteiger partial charge in [0.15, 0.2) is 0 Å². The Balaban J connectivity index is 1.78. The number of ether oxygens (including phenoxy) is 1. The van der Waals surface area contributed by atoms with Gasteiger partial charge in [0.1, 0.15) is 5.69 Å². The zero-order valence-electron chi connectivity index (χ0n) is 13.0. The molecule has 1 aliphatic heterocycles. The maximum Gasteiger partial charge on any atom is 0.354 e. The first-order valence-corrected chi connectivity index (χ1v) is 8.02. The van der Waals surface area contributed by atoms with Gasteiger partial charge >= 0.3 is 5.97 Å². The molecular formula is C17H20ClN3O2. The number of esters is 1. The van der Waals surface area contributed by atoms with E-state index in [1.165, 1.54) is 7.11 Å². The number of hydrogen-bond donors (Lipinski definition) is 2. The smallest absolute Gasteiger partial charge is 0.354 e. The van der Waals surface area contributed by atoms with E-state index in [2.05, 4.69) is 21.3 Å². The molecule has 3 rings (SSSR count). The molecule has 2 aromatic rings. The van der Waals surface area contributed by atoms with Gasteiger partial charge < -0.3 is 15.0 Å². The SMILES string of the molecule is COC(=O)c1ccc(CN2CCNCC2c2ccccc2Cl)[nH]1. The van der Waals surface area contributed by atoms with E-state index in [1.807, 2.05) is 24.3 Å². The van der Waals surface area contributed by atoms with Gasteiger partial charge in [-0.2, -0.15) is 0 Å². The van der Waals surface area contributed by atoms with Crippen molar-refractivity contribution in [3.63, 3.8) is 0 Å². The Labute approximate surface area is 140 Å². The molecule has 0 saturated carbocycles. The van der Waals surface area contributed by atoms with E-state index in [4.69, 9.17) is 16.3 Å². The molecule has 2 heterocycles. The highest BCUT2D eigenvalue weighted by molar-refractivity contribution is 6.31. The maximum atomic E-state index is 11.6. The van der Waals surface area contributed by atoms with Gasteiger partial charge in [0.2, 0.25) is 0 Å². The Morgan fingerprint density at radius 3 is 2.96 bits per heavy atom. The van der Waals surface area contributed by atoms with Gasteiger partial charge in [-0.3, -0.25) is 4.90 Å². The summed E-state index contributed by atoms with van der Waals surface area (Å²) in [7, 11) is 1.38. The highest BCUT2D eigenvalue weighted by Gasteiger charge is 2.25. The van der Waals surface area contributed by atoms with E-state index in [0.29, 0.717) is 5.69 Å². The van der Waals surface area contributed by atoms with E-state index in [1.54, 1.807) is 6.07 Å². The Bertz CT molecular complexity index is 686. The van der Waals surface area contributed by atoms with Crippen LogP contribution in [0.2, 0.25) is 5.02 Å². The van der Waals surface area contributed by atoms with Crippen molar-refractivity contribution in [2.75, 3.05) is 26.7 Å². The fourth-order valence-corrected chi connectivity index (χ4v) is 3.23. The van der Waals surface area contributed by atoms with Crippen molar-refractivity contribution in [3.8, 4) is 0 Å². The standard InChI is InChI=1S/C17H20ClN3O2/c1-23-17(22)15-7-6-12(20-15)11-21-9-8-19-10-16(21)13-4-2-3-5-14(13)18/h2-7,16,19-20H,8-11H2,1H3. The highest BCUT2D eigenvalue weighted by Crippen LogP contribution is 2.29. The molecule has 23 heavy (non-hydrogen) atoms. The van der Waals surface area contributed by atoms with E-state index in [-0.39, 0.29) is 12.0 Å². The number of methoxy groups -OCH3 is 1. The number of halogens is 1. The minimum Gasteiger partial charge on any atom is -0.464 e. The monoisotopic (exact) mass is 333 g/mol. The molecule has 0 amide bonds. The lowest BCUT2D eigenvalue weighted by atomic mass is 10.0. The first-order valence-electron chi connectivity index (χ1n) is 7.64. The van der Waals surface area contributed by atoms with Gasteiger partial charge in [-0.15, -0.1) is 0 Å². The number of hydrogen-bond acceptors (Lipinski definition) is 4. The lowest BCUT2D eigenvalue weighted by Gasteiger charge is -2.36. The van der Waals surface area contributed by atoms with Crippen LogP contribution in [0.5, 0.6) is 0 Å². The van der Waals surface area contributed by atoms with Crippen LogP contribution >= 0.6 is 11.6 Å². The first-order chi connectivity index (χ1) is 11.2. The van der Waals surface area contributed by atoms with Crippen LogP contribution in [0.4, 0.5) is 0 Å². The number of aromatic amines is 1. The van der Waals surface area contributed by atoms with Crippen LogP contribution in [0.15, 0.2) is 36.4 Å². The lowest BCUT2D eigenvalue weighted by molar-refractivity contribution is 0.0594. The summed E-state index contributed by atoms with van der Waals surface area (Å²) in [4.78, 5) is 17.0. The molecule has 5 nitrogen and oxygen atoms in total. The Hall–Kier alpha value is -1.82. The lowest BCUT2D eigenvalue weighted by Crippen LogP contribution is -2.45. The van der Waals surface area contributed by atoms with Gasteiger partial charge in [0.25, 0.3) is 0 Å². The van der Waals surface area contributed by atoms with Gasteiger partial charge in [0.05, 0.1) is 7.11 Å². The van der Waals surface area contributed by atoms with Crippen molar-refractivity contribution in [1.82, 2.24) is 15.2 Å². The molecule has 0 spiro atoms. The molecule has 1 aromatic carbocycles. The quantitative estimate of drug-likeness (QED) is 0.844. The summed E-state index contributed by atoms with van der Waals surface area (Å²) in [6.45, 7) is 3.44. The fraction of sp³-hybridized carbons (Fsp3) is 0.353. The zero-order valence-corrected chi connectivity index (χ0v) is 13.8. The van der Waals surface area contributed by atoms with Crippen LogP contribution in [0.3, 0.4) is 0 Å². The van der Waals surface area contributed by atoms with Crippen LogP contribution < -0.4 is 5.32 Å². The van der Waals surface area contributed by atoms with Crippen LogP contribution in [0, 0.1) is 0 Å². The molecule has 0 radical (unpaired) electrons. The van der Waals surface area contributed by atoms with Gasteiger partial charge in [-0.05, 0) is 23.8 Å². The number of carbonyl (C=O) groups excluding carboxylic acids is 1. The number of H-pyrrole nitrogens is 1. The molecule has 1 saturated heterocycles. The number of rotatable bonds is 4. The summed E-state index contributed by atoms with van der Waals surface area (Å²) >= 11 is 6.37. The predicted octanol–water partition coefficient (Wildman–Crippen LogP) is 2.60. The number of benzene rings is 1. The minimum atomic E-state index is -0.348. The summed E-state index contributed by atoms with van der Waals surface area (Å²) in [6.07, 6.45) is 0. The second-order valence-corrected chi connectivity index (χ2v) is 6.01. The molecule has 1 atom stereocenters. The number of nitrogens with zero attached hydrogens (tertiary/aromatic N) is 1. The molecule has 122 valence electrons. The largest absolute Gasteiger partial charge is 0.464 e. The third kappa shape index (κ3) is 3.58. The number of aromatic nitrogens is 1. The van der Waals surface area contributed by atoms with Crippen LogP contribution in [-0.4, -0.2) is 42.6 Å². The van der Waals surface area contributed by atoms with Gasteiger partial charge in [-0.25, -0.2) is 4.79 Å². The zero-order chi connectivity index (χ0) is 16.2.